The fourth-order valence-corrected chi connectivity index (χ4v) is 4.24. The topological polar surface area (TPSA) is 72.6 Å². The Morgan fingerprint density at radius 3 is 2.71 bits per heavy atom. The first kappa shape index (κ1) is 15.2. The van der Waals surface area contributed by atoms with Gasteiger partial charge < -0.3 is 10.5 Å². The molecule has 2 rings (SSSR count). The molecule has 0 bridgehead atoms. The van der Waals surface area contributed by atoms with Crippen molar-refractivity contribution in [2.45, 2.75) is 25.3 Å². The summed E-state index contributed by atoms with van der Waals surface area (Å²) in [6, 6.07) is 0.00310. The maximum Gasteiger partial charge on any atom is 0.214 e. The van der Waals surface area contributed by atoms with Gasteiger partial charge in [-0.1, -0.05) is 0 Å². The van der Waals surface area contributed by atoms with E-state index in [0.29, 0.717) is 26.3 Å². The molecule has 0 aromatic heterocycles. The highest BCUT2D eigenvalue weighted by molar-refractivity contribution is 7.89. The van der Waals surface area contributed by atoms with Gasteiger partial charge in [0, 0.05) is 25.7 Å². The van der Waals surface area contributed by atoms with Gasteiger partial charge in [-0.15, -0.1) is 12.4 Å². The maximum atomic E-state index is 12.1. The Kier molecular flexibility index (Phi) is 5.66. The maximum absolute atomic E-state index is 12.1. The zero-order chi connectivity index (χ0) is 11.6. The predicted octanol–water partition coefficient (Wildman–Crippen LogP) is 0.198. The van der Waals surface area contributed by atoms with Crippen LogP contribution in [-0.4, -0.2) is 50.8 Å². The van der Waals surface area contributed by atoms with Gasteiger partial charge in [0.25, 0.3) is 0 Å². The Morgan fingerprint density at radius 2 is 2.12 bits per heavy atom. The van der Waals surface area contributed by atoms with Crippen LogP contribution in [0.5, 0.6) is 0 Å². The molecule has 1 unspecified atom stereocenters. The summed E-state index contributed by atoms with van der Waals surface area (Å²) < 4.78 is 31.0. The van der Waals surface area contributed by atoms with E-state index in [4.69, 9.17) is 10.5 Å². The van der Waals surface area contributed by atoms with E-state index in [0.717, 1.165) is 19.3 Å². The molecule has 2 aliphatic heterocycles. The van der Waals surface area contributed by atoms with Crippen molar-refractivity contribution >= 4 is 22.4 Å². The second-order valence-corrected chi connectivity index (χ2v) is 6.78. The van der Waals surface area contributed by atoms with Crippen molar-refractivity contribution in [3.05, 3.63) is 0 Å². The third-order valence-electron chi connectivity index (χ3n) is 3.28. The first-order valence-electron chi connectivity index (χ1n) is 5.89. The molecule has 0 aliphatic carbocycles. The third kappa shape index (κ3) is 4.06. The molecule has 0 amide bonds. The molecule has 2 heterocycles. The van der Waals surface area contributed by atoms with E-state index in [1.807, 2.05) is 0 Å². The normalized spacial score (nSPS) is 31.1. The van der Waals surface area contributed by atoms with Crippen molar-refractivity contribution in [2.24, 2.45) is 11.7 Å². The molecule has 5 nitrogen and oxygen atoms in total. The smallest absolute Gasteiger partial charge is 0.214 e. The molecule has 2 saturated heterocycles. The van der Waals surface area contributed by atoms with E-state index in [2.05, 4.69) is 0 Å². The lowest BCUT2D eigenvalue weighted by Gasteiger charge is -2.30. The van der Waals surface area contributed by atoms with Gasteiger partial charge in [-0.3, -0.25) is 0 Å². The summed E-state index contributed by atoms with van der Waals surface area (Å²) in [5, 5.41) is 0. The van der Waals surface area contributed by atoms with Crippen molar-refractivity contribution in [3.63, 3.8) is 0 Å². The molecule has 0 aromatic rings. The Balaban J connectivity index is 0.00000144. The molecule has 0 saturated carbocycles. The lowest BCUT2D eigenvalue weighted by molar-refractivity contribution is 0.188. The largest absolute Gasteiger partial charge is 0.381 e. The summed E-state index contributed by atoms with van der Waals surface area (Å²) >= 11 is 0. The summed E-state index contributed by atoms with van der Waals surface area (Å²) in [6.07, 6.45) is 2.67. The summed E-state index contributed by atoms with van der Waals surface area (Å²) in [5.41, 5.74) is 5.80. The van der Waals surface area contributed by atoms with Gasteiger partial charge in [0.05, 0.1) is 12.4 Å². The quantitative estimate of drug-likeness (QED) is 0.803. The third-order valence-corrected chi connectivity index (χ3v) is 5.30. The van der Waals surface area contributed by atoms with E-state index < -0.39 is 10.0 Å². The van der Waals surface area contributed by atoms with Crippen molar-refractivity contribution in [3.8, 4) is 0 Å². The highest BCUT2D eigenvalue weighted by Gasteiger charge is 2.31. The first-order chi connectivity index (χ1) is 7.58. The molecular weight excluding hydrogens is 264 g/mol. The molecule has 2 atom stereocenters. The van der Waals surface area contributed by atoms with Crippen LogP contribution in [0.4, 0.5) is 0 Å². The highest BCUT2D eigenvalue weighted by atomic mass is 35.5. The summed E-state index contributed by atoms with van der Waals surface area (Å²) in [5.74, 6) is 0.392. The first-order valence-corrected chi connectivity index (χ1v) is 7.50. The zero-order valence-corrected chi connectivity index (χ0v) is 11.5. The van der Waals surface area contributed by atoms with Gasteiger partial charge >= 0.3 is 0 Å². The van der Waals surface area contributed by atoms with Crippen LogP contribution in [0.1, 0.15) is 19.3 Å². The van der Waals surface area contributed by atoms with Crippen LogP contribution in [-0.2, 0) is 14.8 Å². The van der Waals surface area contributed by atoms with E-state index >= 15 is 0 Å². The molecule has 0 spiro atoms. The van der Waals surface area contributed by atoms with E-state index in [9.17, 15) is 8.42 Å². The number of rotatable bonds is 3. The minimum Gasteiger partial charge on any atom is -0.381 e. The molecule has 2 aliphatic rings. The van der Waals surface area contributed by atoms with Crippen LogP contribution >= 0.6 is 12.4 Å². The predicted molar refractivity (Wildman–Crippen MR) is 68.7 cm³/mol. The number of nitrogens with zero attached hydrogens (tertiary/aromatic N) is 1. The number of ether oxygens (including phenoxy) is 1. The lowest BCUT2D eigenvalue weighted by atomic mass is 10.1. The minimum atomic E-state index is -3.13. The number of piperidine rings is 1. The minimum absolute atomic E-state index is 0. The Hall–Kier alpha value is 0.120. The number of nitrogens with two attached hydrogens (primary N) is 1. The van der Waals surface area contributed by atoms with Crippen LogP contribution in [0.3, 0.4) is 0 Å². The second-order valence-electron chi connectivity index (χ2n) is 4.77. The Morgan fingerprint density at radius 1 is 1.35 bits per heavy atom. The van der Waals surface area contributed by atoms with Crippen molar-refractivity contribution in [1.29, 1.82) is 0 Å². The van der Waals surface area contributed by atoms with Crippen molar-refractivity contribution in [1.82, 2.24) is 4.31 Å². The fraction of sp³-hybridized carbons (Fsp3) is 1.00. The molecule has 102 valence electrons. The lowest BCUT2D eigenvalue weighted by Crippen LogP contribution is -2.47. The number of hydrogen-bond acceptors (Lipinski definition) is 4. The number of hydrogen-bond donors (Lipinski definition) is 1. The molecule has 0 aromatic carbocycles. The standard InChI is InChI=1S/C10H20N2O3S.ClH/c11-10-2-1-4-12(6-10)16(13,14)8-9-3-5-15-7-9;/h9-10H,1-8,11H2;1H/t9?,10-;/m1./s1. The van der Waals surface area contributed by atoms with Crippen molar-refractivity contribution < 1.29 is 13.2 Å². The Bertz CT molecular complexity index is 330. The molecular formula is C10H21ClN2O3S. The van der Waals surface area contributed by atoms with Crippen LogP contribution < -0.4 is 5.73 Å². The van der Waals surface area contributed by atoms with Gasteiger partial charge in [-0.2, -0.15) is 0 Å². The monoisotopic (exact) mass is 284 g/mol. The van der Waals surface area contributed by atoms with Crippen LogP contribution in [0.25, 0.3) is 0 Å². The van der Waals surface area contributed by atoms with Crippen molar-refractivity contribution in [2.75, 3.05) is 32.1 Å². The fourth-order valence-electron chi connectivity index (χ4n) is 2.34. The molecule has 2 N–H and O–H groups in total. The molecule has 0 radical (unpaired) electrons. The zero-order valence-electron chi connectivity index (χ0n) is 9.88. The number of halogens is 1. The van der Waals surface area contributed by atoms with Gasteiger partial charge in [-0.25, -0.2) is 12.7 Å². The number of sulfonamides is 1. The van der Waals surface area contributed by atoms with E-state index in [1.165, 1.54) is 0 Å². The highest BCUT2D eigenvalue weighted by Crippen LogP contribution is 2.19. The summed E-state index contributed by atoms with van der Waals surface area (Å²) in [7, 11) is -3.13. The van der Waals surface area contributed by atoms with Gasteiger partial charge in [0.1, 0.15) is 0 Å². The average Bonchev–Trinajstić information content (AvgIpc) is 2.70. The van der Waals surface area contributed by atoms with Gasteiger partial charge in [-0.05, 0) is 25.2 Å². The van der Waals surface area contributed by atoms with E-state index in [1.54, 1.807) is 4.31 Å². The Labute approximate surface area is 109 Å². The second kappa shape index (κ2) is 6.33. The SMILES string of the molecule is Cl.N[C@@H]1CCCN(S(=O)(=O)CC2CCOC2)C1. The van der Waals surface area contributed by atoms with E-state index in [-0.39, 0.29) is 30.1 Å². The summed E-state index contributed by atoms with van der Waals surface area (Å²) in [6.45, 7) is 2.39. The van der Waals surface area contributed by atoms with Gasteiger partial charge in [0.15, 0.2) is 0 Å². The van der Waals surface area contributed by atoms with Crippen LogP contribution in [0.15, 0.2) is 0 Å². The summed E-state index contributed by atoms with van der Waals surface area (Å²) in [4.78, 5) is 0. The molecule has 2 fully saturated rings. The molecule has 17 heavy (non-hydrogen) atoms. The van der Waals surface area contributed by atoms with Gasteiger partial charge in [0.2, 0.25) is 10.0 Å². The van der Waals surface area contributed by atoms with Crippen LogP contribution in [0.2, 0.25) is 0 Å². The molecule has 7 heteroatoms. The van der Waals surface area contributed by atoms with Crippen LogP contribution in [0, 0.1) is 5.92 Å². The average molecular weight is 285 g/mol.